The number of carbonyl (C=O) groups excluding carboxylic acids is 2. The van der Waals surface area contributed by atoms with Crippen molar-refractivity contribution in [3.8, 4) is 5.75 Å². The second kappa shape index (κ2) is 6.02. The number of H-pyrrole nitrogens is 1. The van der Waals surface area contributed by atoms with Crippen molar-refractivity contribution >= 4 is 11.6 Å². The van der Waals surface area contributed by atoms with Gasteiger partial charge in [0, 0.05) is 18.2 Å². The zero-order chi connectivity index (χ0) is 18.4. The third kappa shape index (κ3) is 2.62. The molecule has 0 radical (unpaired) electrons. The van der Waals surface area contributed by atoms with Crippen LogP contribution in [-0.2, 0) is 13.0 Å². The van der Waals surface area contributed by atoms with Crippen molar-refractivity contribution in [1.82, 2.24) is 9.78 Å². The molecule has 1 aliphatic carbocycles. The van der Waals surface area contributed by atoms with E-state index in [1.807, 2.05) is 20.8 Å². The maximum absolute atomic E-state index is 12.9. The Labute approximate surface area is 145 Å². The molecular formula is C19H22N2O4. The molecule has 1 heterocycles. The molecule has 6 heteroatoms. The molecule has 3 rings (SSSR count). The second-order valence-corrected chi connectivity index (χ2v) is 6.96. The Kier molecular flexibility index (Phi) is 4.14. The lowest BCUT2D eigenvalue weighted by Gasteiger charge is -2.31. The molecule has 0 unspecified atom stereocenters. The molecule has 6 nitrogen and oxygen atoms in total. The molecule has 0 atom stereocenters. The number of aryl methyl sites for hydroxylation is 2. The van der Waals surface area contributed by atoms with Gasteiger partial charge in [0.25, 0.3) is 5.56 Å². The van der Waals surface area contributed by atoms with Gasteiger partial charge < -0.3 is 9.84 Å². The zero-order valence-corrected chi connectivity index (χ0v) is 14.9. The maximum Gasteiger partial charge on any atom is 0.277 e. The molecule has 1 N–H and O–H groups in total. The van der Waals surface area contributed by atoms with Crippen LogP contribution < -0.4 is 10.3 Å². The number of ether oxygens (including phenoxy) is 1. The van der Waals surface area contributed by atoms with Crippen molar-refractivity contribution in [3.63, 3.8) is 0 Å². The summed E-state index contributed by atoms with van der Waals surface area (Å²) in [5.74, 6) is -0.200. The largest absolute Gasteiger partial charge is 0.495 e. The van der Waals surface area contributed by atoms with E-state index in [0.717, 1.165) is 18.4 Å². The highest BCUT2D eigenvalue weighted by Crippen LogP contribution is 2.40. The number of benzene rings is 1. The number of Topliss-reactive ketones (excluding diaryl/α,β-unsaturated/α-hetero) is 1. The van der Waals surface area contributed by atoms with E-state index in [0.29, 0.717) is 12.1 Å². The summed E-state index contributed by atoms with van der Waals surface area (Å²) in [4.78, 5) is 38.1. The summed E-state index contributed by atoms with van der Waals surface area (Å²) in [5.41, 5.74) is 0.771. The topological polar surface area (TPSA) is 81.2 Å². The van der Waals surface area contributed by atoms with Gasteiger partial charge in [-0.05, 0) is 31.4 Å². The molecular weight excluding hydrogens is 320 g/mol. The summed E-state index contributed by atoms with van der Waals surface area (Å²) in [6.07, 6.45) is 2.92. The highest BCUT2D eigenvalue weighted by Gasteiger charge is 2.38. The average Bonchev–Trinajstić information content (AvgIpc) is 2.97. The molecule has 25 heavy (non-hydrogen) atoms. The maximum atomic E-state index is 12.9. The number of methoxy groups -OCH3 is 1. The Balaban J connectivity index is 2.17. The molecule has 0 amide bonds. The lowest BCUT2D eigenvalue weighted by atomic mass is 9.72. The third-order valence-electron chi connectivity index (χ3n) is 4.95. The van der Waals surface area contributed by atoms with E-state index in [9.17, 15) is 14.4 Å². The van der Waals surface area contributed by atoms with Crippen LogP contribution >= 0.6 is 0 Å². The number of fused-ring (bicyclic) bond motifs is 1. The summed E-state index contributed by atoms with van der Waals surface area (Å²) >= 11 is 0. The van der Waals surface area contributed by atoms with E-state index in [4.69, 9.17) is 4.74 Å². The van der Waals surface area contributed by atoms with E-state index in [1.165, 1.54) is 18.0 Å². The number of nitrogens with one attached hydrogen (secondary N) is 1. The minimum absolute atomic E-state index is 0.0275. The Hall–Kier alpha value is -2.63. The van der Waals surface area contributed by atoms with Crippen molar-refractivity contribution < 1.29 is 14.3 Å². The number of carbonyl (C=O) groups is 2. The summed E-state index contributed by atoms with van der Waals surface area (Å²) in [7, 11) is 1.45. The van der Waals surface area contributed by atoms with Crippen LogP contribution in [0.3, 0.4) is 0 Å². The van der Waals surface area contributed by atoms with Crippen LogP contribution in [0.25, 0.3) is 0 Å². The highest BCUT2D eigenvalue weighted by atomic mass is 16.5. The number of aromatic amines is 1. The number of rotatable bonds is 4. The summed E-state index contributed by atoms with van der Waals surface area (Å²) in [5, 5.41) is 2.77. The first kappa shape index (κ1) is 17.2. The van der Waals surface area contributed by atoms with E-state index in [1.54, 1.807) is 12.1 Å². The molecule has 1 aromatic carbocycles. The normalized spacial score (nSPS) is 15.8. The monoisotopic (exact) mass is 342 g/mol. The standard InChI is InChI=1S/C19H22N2O4/c1-5-21-18(24)13(10-20-21)15(22)12-7-6-11-8-9-19(2,3)17(23)14(11)16(12)25-4/h6-7,10,20H,5,8-9H2,1-4H3. The summed E-state index contributed by atoms with van der Waals surface area (Å²) in [6, 6.07) is 3.44. The van der Waals surface area contributed by atoms with Crippen molar-refractivity contribution in [2.45, 2.75) is 40.2 Å². The Morgan fingerprint density at radius 3 is 2.60 bits per heavy atom. The van der Waals surface area contributed by atoms with Crippen LogP contribution in [0.4, 0.5) is 0 Å². The van der Waals surface area contributed by atoms with E-state index < -0.39 is 11.2 Å². The molecule has 0 saturated heterocycles. The number of hydrogen-bond acceptors (Lipinski definition) is 4. The molecule has 0 fully saturated rings. The van der Waals surface area contributed by atoms with Crippen LogP contribution in [0.1, 0.15) is 59.0 Å². The molecule has 0 saturated carbocycles. The number of ketones is 2. The Bertz CT molecular complexity index is 918. The van der Waals surface area contributed by atoms with Gasteiger partial charge in [-0.2, -0.15) is 0 Å². The Morgan fingerprint density at radius 1 is 1.28 bits per heavy atom. The number of hydrogen-bond donors (Lipinski definition) is 1. The smallest absolute Gasteiger partial charge is 0.277 e. The van der Waals surface area contributed by atoms with Gasteiger partial charge in [-0.1, -0.05) is 19.9 Å². The van der Waals surface area contributed by atoms with E-state index >= 15 is 0 Å². The fraction of sp³-hybridized carbons (Fsp3) is 0.421. The first-order valence-electron chi connectivity index (χ1n) is 8.39. The third-order valence-corrected chi connectivity index (χ3v) is 4.95. The summed E-state index contributed by atoms with van der Waals surface area (Å²) in [6.45, 7) is 6.06. The van der Waals surface area contributed by atoms with Crippen LogP contribution in [0.15, 0.2) is 23.1 Å². The van der Waals surface area contributed by atoms with Gasteiger partial charge in [0.05, 0.1) is 18.2 Å². The molecule has 0 bridgehead atoms. The average molecular weight is 342 g/mol. The first-order valence-corrected chi connectivity index (χ1v) is 8.39. The minimum atomic E-state index is -0.495. The highest BCUT2D eigenvalue weighted by molar-refractivity contribution is 6.14. The van der Waals surface area contributed by atoms with Crippen LogP contribution in [0.2, 0.25) is 0 Å². The second-order valence-electron chi connectivity index (χ2n) is 6.96. The molecule has 0 aliphatic heterocycles. The lowest BCUT2D eigenvalue weighted by Crippen LogP contribution is -2.31. The molecule has 1 aromatic heterocycles. The van der Waals surface area contributed by atoms with Crippen molar-refractivity contribution in [1.29, 1.82) is 0 Å². The lowest BCUT2D eigenvalue weighted by molar-refractivity contribution is 0.0807. The molecule has 0 spiro atoms. The predicted molar refractivity (Wildman–Crippen MR) is 93.6 cm³/mol. The van der Waals surface area contributed by atoms with Gasteiger partial charge in [-0.3, -0.25) is 19.1 Å². The Morgan fingerprint density at radius 2 is 2.00 bits per heavy atom. The number of aromatic nitrogens is 2. The van der Waals surface area contributed by atoms with Crippen LogP contribution in [0, 0.1) is 5.41 Å². The zero-order valence-electron chi connectivity index (χ0n) is 14.9. The molecule has 132 valence electrons. The molecule has 2 aromatic rings. The van der Waals surface area contributed by atoms with Crippen LogP contribution in [-0.4, -0.2) is 28.5 Å². The van der Waals surface area contributed by atoms with Crippen molar-refractivity contribution in [2.24, 2.45) is 5.41 Å². The first-order chi connectivity index (χ1) is 11.8. The van der Waals surface area contributed by atoms with Crippen molar-refractivity contribution in [3.05, 3.63) is 50.9 Å². The quantitative estimate of drug-likeness (QED) is 0.866. The summed E-state index contributed by atoms with van der Waals surface area (Å²) < 4.78 is 6.82. The van der Waals surface area contributed by atoms with Gasteiger partial charge >= 0.3 is 0 Å². The van der Waals surface area contributed by atoms with Gasteiger partial charge in [0.15, 0.2) is 5.78 Å². The fourth-order valence-corrected chi connectivity index (χ4v) is 3.32. The van der Waals surface area contributed by atoms with Gasteiger partial charge in [-0.15, -0.1) is 0 Å². The van der Waals surface area contributed by atoms with Gasteiger partial charge in [0.2, 0.25) is 5.78 Å². The SMILES string of the molecule is CCn1[nH]cc(C(=O)c2ccc3c(c2OC)C(=O)C(C)(C)CC3)c1=O. The van der Waals surface area contributed by atoms with Crippen LogP contribution in [0.5, 0.6) is 5.75 Å². The van der Waals surface area contributed by atoms with Gasteiger partial charge in [-0.25, -0.2) is 0 Å². The van der Waals surface area contributed by atoms with E-state index in [-0.39, 0.29) is 28.2 Å². The molecule has 1 aliphatic rings. The van der Waals surface area contributed by atoms with Crippen molar-refractivity contribution in [2.75, 3.05) is 7.11 Å². The van der Waals surface area contributed by atoms with E-state index in [2.05, 4.69) is 5.10 Å². The fourth-order valence-electron chi connectivity index (χ4n) is 3.32. The number of nitrogens with zero attached hydrogens (tertiary/aromatic N) is 1. The minimum Gasteiger partial charge on any atom is -0.495 e. The predicted octanol–water partition coefficient (Wildman–Crippen LogP) is 2.59. The van der Waals surface area contributed by atoms with Gasteiger partial charge in [0.1, 0.15) is 11.3 Å².